The molecule has 0 spiro atoms. The molecule has 19 heavy (non-hydrogen) atoms. The minimum Gasteiger partial charge on any atom is -0.312 e. The number of hydrogen-bond acceptors (Lipinski definition) is 3. The summed E-state index contributed by atoms with van der Waals surface area (Å²) in [5.41, 5.74) is 0. The Morgan fingerprint density at radius 2 is 1.58 bits per heavy atom. The van der Waals surface area contributed by atoms with Gasteiger partial charge < -0.3 is 15.1 Å². The van der Waals surface area contributed by atoms with Gasteiger partial charge >= 0.3 is 0 Å². The summed E-state index contributed by atoms with van der Waals surface area (Å²) in [6.07, 6.45) is 1.21. The van der Waals surface area contributed by atoms with Gasteiger partial charge in [-0.15, -0.1) is 0 Å². The topological polar surface area (TPSA) is 18.5 Å². The monoisotopic (exact) mass is 271 g/mol. The third-order valence-electron chi connectivity index (χ3n) is 3.40. The molecule has 0 saturated carbocycles. The van der Waals surface area contributed by atoms with Crippen LogP contribution in [-0.4, -0.2) is 62.7 Å². The van der Waals surface area contributed by atoms with Crippen molar-refractivity contribution in [3.63, 3.8) is 0 Å². The summed E-state index contributed by atoms with van der Waals surface area (Å²) in [5.74, 6) is 1.43. The Morgan fingerprint density at radius 3 is 2.00 bits per heavy atom. The van der Waals surface area contributed by atoms with Crippen molar-refractivity contribution in [3.8, 4) is 0 Å². The van der Waals surface area contributed by atoms with Crippen LogP contribution in [0.25, 0.3) is 0 Å². The molecule has 3 nitrogen and oxygen atoms in total. The average molecular weight is 271 g/mol. The molecular formula is C16H37N3. The van der Waals surface area contributed by atoms with Crippen LogP contribution >= 0.6 is 0 Å². The van der Waals surface area contributed by atoms with Gasteiger partial charge in [-0.3, -0.25) is 0 Å². The molecule has 0 heterocycles. The highest BCUT2D eigenvalue weighted by atomic mass is 15.2. The molecule has 0 aromatic carbocycles. The summed E-state index contributed by atoms with van der Waals surface area (Å²) in [5, 5.41) is 3.70. The maximum absolute atomic E-state index is 3.70. The van der Waals surface area contributed by atoms with E-state index in [1.54, 1.807) is 0 Å². The molecule has 0 amide bonds. The van der Waals surface area contributed by atoms with Gasteiger partial charge in [0.2, 0.25) is 0 Å². The Bertz CT molecular complexity index is 202. The fraction of sp³-hybridized carbons (Fsp3) is 1.00. The second-order valence-corrected chi connectivity index (χ2v) is 6.76. The molecule has 0 bridgehead atoms. The van der Waals surface area contributed by atoms with Crippen molar-refractivity contribution in [1.82, 2.24) is 15.1 Å². The highest BCUT2D eigenvalue weighted by molar-refractivity contribution is 4.76. The summed E-state index contributed by atoms with van der Waals surface area (Å²) < 4.78 is 0. The third kappa shape index (κ3) is 10.3. The Hall–Kier alpha value is -0.120. The lowest BCUT2D eigenvalue weighted by atomic mass is 10.0. The molecule has 0 aliphatic rings. The number of nitrogens with zero attached hydrogens (tertiary/aromatic N) is 2. The molecule has 0 aromatic heterocycles. The van der Waals surface area contributed by atoms with Gasteiger partial charge in [0.05, 0.1) is 0 Å². The van der Waals surface area contributed by atoms with E-state index in [1.165, 1.54) is 26.1 Å². The Balaban J connectivity index is 4.37. The van der Waals surface area contributed by atoms with Crippen LogP contribution in [0.4, 0.5) is 0 Å². The molecule has 0 aromatic rings. The van der Waals surface area contributed by atoms with Crippen LogP contribution in [0.2, 0.25) is 0 Å². The van der Waals surface area contributed by atoms with E-state index in [0.29, 0.717) is 12.0 Å². The van der Waals surface area contributed by atoms with Crippen molar-refractivity contribution >= 4 is 0 Å². The van der Waals surface area contributed by atoms with Crippen LogP contribution in [-0.2, 0) is 0 Å². The summed E-state index contributed by atoms with van der Waals surface area (Å²) in [6, 6.07) is 0.612. The van der Waals surface area contributed by atoms with Gasteiger partial charge in [-0.1, -0.05) is 34.6 Å². The summed E-state index contributed by atoms with van der Waals surface area (Å²) in [7, 11) is 4.31. The maximum Gasteiger partial charge on any atom is 0.0217 e. The lowest BCUT2D eigenvalue weighted by molar-refractivity contribution is 0.183. The molecule has 1 N–H and O–H groups in total. The van der Waals surface area contributed by atoms with Crippen LogP contribution in [0.5, 0.6) is 0 Å². The second kappa shape index (κ2) is 10.6. The molecule has 0 saturated heterocycles. The zero-order valence-electron chi connectivity index (χ0n) is 14.4. The largest absolute Gasteiger partial charge is 0.312 e. The highest BCUT2D eigenvalue weighted by Crippen LogP contribution is 2.07. The molecule has 1 unspecified atom stereocenters. The Labute approximate surface area is 121 Å². The first-order chi connectivity index (χ1) is 8.86. The molecule has 1 atom stereocenters. The molecular weight excluding hydrogens is 234 g/mol. The van der Waals surface area contributed by atoms with Crippen molar-refractivity contribution in [3.05, 3.63) is 0 Å². The first-order valence-electron chi connectivity index (χ1n) is 7.97. The normalized spacial score (nSPS) is 14.1. The summed E-state index contributed by atoms with van der Waals surface area (Å²) >= 11 is 0. The first kappa shape index (κ1) is 18.9. The van der Waals surface area contributed by atoms with E-state index in [0.717, 1.165) is 19.0 Å². The molecule has 0 aliphatic heterocycles. The third-order valence-corrected chi connectivity index (χ3v) is 3.40. The summed E-state index contributed by atoms with van der Waals surface area (Å²) in [6.45, 7) is 17.3. The van der Waals surface area contributed by atoms with E-state index in [9.17, 15) is 0 Å². The quantitative estimate of drug-likeness (QED) is 0.623. The van der Waals surface area contributed by atoms with Gasteiger partial charge in [0.15, 0.2) is 0 Å². The van der Waals surface area contributed by atoms with Gasteiger partial charge in [0.1, 0.15) is 0 Å². The predicted molar refractivity (Wildman–Crippen MR) is 86.8 cm³/mol. The van der Waals surface area contributed by atoms with Crippen LogP contribution in [0.3, 0.4) is 0 Å². The molecule has 0 fully saturated rings. The molecule has 116 valence electrons. The van der Waals surface area contributed by atoms with Crippen molar-refractivity contribution in [2.45, 2.75) is 47.1 Å². The number of rotatable bonds is 11. The van der Waals surface area contributed by atoms with Gasteiger partial charge in [0, 0.05) is 32.2 Å². The first-order valence-corrected chi connectivity index (χ1v) is 7.97. The molecule has 0 aliphatic carbocycles. The lowest BCUT2D eigenvalue weighted by Crippen LogP contribution is -2.47. The Morgan fingerprint density at radius 1 is 0.947 bits per heavy atom. The van der Waals surface area contributed by atoms with E-state index in [4.69, 9.17) is 0 Å². The SMILES string of the molecule is CCCNC(CN(CCN(C)C)CC(C)C)C(C)C. The summed E-state index contributed by atoms with van der Waals surface area (Å²) in [4.78, 5) is 4.90. The van der Waals surface area contributed by atoms with Crippen LogP contribution < -0.4 is 5.32 Å². The fourth-order valence-corrected chi connectivity index (χ4v) is 2.23. The number of hydrogen-bond donors (Lipinski definition) is 1. The zero-order chi connectivity index (χ0) is 14.8. The smallest absolute Gasteiger partial charge is 0.0217 e. The molecule has 0 radical (unpaired) electrons. The van der Waals surface area contributed by atoms with Gasteiger partial charge in [-0.25, -0.2) is 0 Å². The van der Waals surface area contributed by atoms with E-state index in [-0.39, 0.29) is 0 Å². The van der Waals surface area contributed by atoms with Crippen molar-refractivity contribution < 1.29 is 0 Å². The van der Waals surface area contributed by atoms with E-state index >= 15 is 0 Å². The number of likely N-dealkylation sites (N-methyl/N-ethyl adjacent to an activating group) is 1. The minimum absolute atomic E-state index is 0.612. The van der Waals surface area contributed by atoms with Gasteiger partial charge in [-0.05, 0) is 38.9 Å². The average Bonchev–Trinajstić information content (AvgIpc) is 2.29. The van der Waals surface area contributed by atoms with Crippen LogP contribution in [0, 0.1) is 11.8 Å². The fourth-order valence-electron chi connectivity index (χ4n) is 2.23. The van der Waals surface area contributed by atoms with Crippen molar-refractivity contribution in [2.24, 2.45) is 11.8 Å². The van der Waals surface area contributed by atoms with Gasteiger partial charge in [0.25, 0.3) is 0 Å². The number of nitrogens with one attached hydrogen (secondary N) is 1. The highest BCUT2D eigenvalue weighted by Gasteiger charge is 2.17. The molecule has 0 rings (SSSR count). The standard InChI is InChI=1S/C16H37N3/c1-8-9-17-16(15(4)5)13-19(12-14(2)3)11-10-18(6)7/h14-17H,8-13H2,1-7H3. The minimum atomic E-state index is 0.612. The van der Waals surface area contributed by atoms with E-state index in [2.05, 4.69) is 63.8 Å². The lowest BCUT2D eigenvalue weighted by Gasteiger charge is -2.32. The van der Waals surface area contributed by atoms with Crippen molar-refractivity contribution in [2.75, 3.05) is 46.8 Å². The second-order valence-electron chi connectivity index (χ2n) is 6.76. The van der Waals surface area contributed by atoms with E-state index in [1.807, 2.05) is 0 Å². The Kier molecular flexibility index (Phi) is 10.6. The van der Waals surface area contributed by atoms with Gasteiger partial charge in [-0.2, -0.15) is 0 Å². The predicted octanol–water partition coefficient (Wildman–Crippen LogP) is 2.53. The van der Waals surface area contributed by atoms with Crippen molar-refractivity contribution in [1.29, 1.82) is 0 Å². The maximum atomic E-state index is 3.70. The van der Waals surface area contributed by atoms with Crippen LogP contribution in [0.1, 0.15) is 41.0 Å². The molecule has 3 heteroatoms. The van der Waals surface area contributed by atoms with Crippen LogP contribution in [0.15, 0.2) is 0 Å². The zero-order valence-corrected chi connectivity index (χ0v) is 14.4. The van der Waals surface area contributed by atoms with E-state index < -0.39 is 0 Å².